The highest BCUT2D eigenvalue weighted by atomic mass is 19.1. The number of rotatable bonds is 0. The summed E-state index contributed by atoms with van der Waals surface area (Å²) in [5.41, 5.74) is -0.451. The number of nitriles is 1. The average Bonchev–Trinajstić information content (AvgIpc) is 2.02. The highest BCUT2D eigenvalue weighted by molar-refractivity contribution is 5.25. The maximum atomic E-state index is 12.6. The van der Waals surface area contributed by atoms with Crippen LogP contribution in [0.3, 0.4) is 0 Å². The molecule has 3 heteroatoms. The van der Waals surface area contributed by atoms with Crippen molar-refractivity contribution in [3.05, 3.63) is 29.8 Å². The molecule has 0 aliphatic carbocycles. The molecule has 0 saturated carbocycles. The summed E-state index contributed by atoms with van der Waals surface area (Å²) < 4.78 is 33.5. The third-order valence-electron chi connectivity index (χ3n) is 0.675. The summed E-state index contributed by atoms with van der Waals surface area (Å²) in [6, 6.07) is 0.236. The molecule has 0 bridgehead atoms. The molecule has 0 saturated heterocycles. The van der Waals surface area contributed by atoms with E-state index >= 15 is 0 Å². The Morgan fingerprint density at radius 2 is 2.67 bits per heavy atom. The molecule has 1 heterocycles. The second kappa shape index (κ2) is 2.23. The molecule has 0 amide bonds. The average molecular weight is 125 g/mol. The first-order valence-electron chi connectivity index (χ1n) is 3.61. The molecule has 0 aliphatic rings. The first-order valence-corrected chi connectivity index (χ1v) is 2.11. The van der Waals surface area contributed by atoms with Gasteiger partial charge in [-0.05, 0) is 6.04 Å². The quantitative estimate of drug-likeness (QED) is 0.486. The Morgan fingerprint density at radius 3 is 3.33 bits per heavy atom. The number of aromatic nitrogens is 1. The van der Waals surface area contributed by atoms with Crippen LogP contribution in [0, 0.1) is 17.3 Å². The molecule has 0 aliphatic heterocycles. The van der Waals surface area contributed by atoms with Crippen LogP contribution in [-0.2, 0) is 0 Å². The van der Waals surface area contributed by atoms with Gasteiger partial charge in [-0.15, -0.1) is 0 Å². The lowest BCUT2D eigenvalue weighted by Gasteiger charge is -1.84. The molecule has 9 heavy (non-hydrogen) atoms. The van der Waals surface area contributed by atoms with Crippen LogP contribution in [0.4, 0.5) is 4.39 Å². The first-order chi connectivity index (χ1) is 5.57. The molecule has 0 spiro atoms. The van der Waals surface area contributed by atoms with Crippen LogP contribution in [0.2, 0.25) is 0 Å². The van der Waals surface area contributed by atoms with Gasteiger partial charge in [0.2, 0.25) is 5.95 Å². The second-order valence-corrected chi connectivity index (χ2v) is 1.25. The third kappa shape index (κ3) is 1.23. The van der Waals surface area contributed by atoms with Crippen LogP contribution in [0.5, 0.6) is 0 Å². The van der Waals surface area contributed by atoms with Crippen LogP contribution in [0.25, 0.3) is 0 Å². The lowest BCUT2D eigenvalue weighted by Crippen LogP contribution is -1.81. The smallest absolute Gasteiger partial charge is 0.214 e. The van der Waals surface area contributed by atoms with E-state index in [4.69, 9.17) is 9.37 Å². The molecule has 0 radical (unpaired) electrons. The van der Waals surface area contributed by atoms with Crippen molar-refractivity contribution in [2.45, 2.75) is 0 Å². The fourth-order valence-electron chi connectivity index (χ4n) is 0.351. The Hall–Kier alpha value is -1.43. The Kier molecular flexibility index (Phi) is 0.723. The largest absolute Gasteiger partial charge is 0.228 e. The predicted octanol–water partition coefficient (Wildman–Crippen LogP) is 1.09. The van der Waals surface area contributed by atoms with Gasteiger partial charge in [-0.1, -0.05) is 0 Å². The lowest BCUT2D eigenvalue weighted by molar-refractivity contribution is 0.583. The molecule has 0 atom stereocenters. The van der Waals surface area contributed by atoms with E-state index in [0.717, 1.165) is 0 Å². The van der Waals surface area contributed by atoms with Gasteiger partial charge in [0.25, 0.3) is 0 Å². The highest BCUT2D eigenvalue weighted by Crippen LogP contribution is 1.96. The van der Waals surface area contributed by atoms with Crippen LogP contribution >= 0.6 is 0 Å². The number of nitrogens with zero attached hydrogens (tertiary/aromatic N) is 2. The predicted molar refractivity (Wildman–Crippen MR) is 28.9 cm³/mol. The van der Waals surface area contributed by atoms with Gasteiger partial charge in [-0.2, -0.15) is 9.65 Å². The zero-order valence-electron chi connectivity index (χ0n) is 7.27. The maximum absolute atomic E-state index is 12.6. The minimum absolute atomic E-state index is 0.451. The summed E-state index contributed by atoms with van der Waals surface area (Å²) in [5, 5.41) is 8.38. The molecule has 0 unspecified atom stereocenters. The van der Waals surface area contributed by atoms with E-state index in [1.807, 2.05) is 0 Å². The number of pyridine rings is 1. The van der Waals surface area contributed by atoms with Crippen LogP contribution in [-0.4, -0.2) is 4.98 Å². The summed E-state index contributed by atoms with van der Waals surface area (Å²) >= 11 is 0. The van der Waals surface area contributed by atoms with Crippen LogP contribution in [0.1, 0.15) is 9.68 Å². The molecule has 0 aromatic carbocycles. The normalized spacial score (nSPS) is 13.1. The van der Waals surface area contributed by atoms with Gasteiger partial charge < -0.3 is 0 Å². The Morgan fingerprint density at radius 1 is 1.89 bits per heavy atom. The molecule has 1 aromatic rings. The van der Waals surface area contributed by atoms with Gasteiger partial charge in [0.15, 0.2) is 0 Å². The standard InChI is InChI=1S/C6H3FN2/c7-6-3-5(4-8)1-2-9-6/h1-3H/i1D,2D,3D. The van der Waals surface area contributed by atoms with Crippen molar-refractivity contribution in [1.29, 1.82) is 5.26 Å². The third-order valence-corrected chi connectivity index (χ3v) is 0.675. The zero-order valence-corrected chi connectivity index (χ0v) is 4.27. The van der Waals surface area contributed by atoms with Gasteiger partial charge in [-0.25, -0.2) is 4.98 Å². The summed E-state index contributed by atoms with van der Waals surface area (Å²) in [6.45, 7) is 0. The Labute approximate surface area is 55.8 Å². The fraction of sp³-hybridized carbons (Fsp3) is 0. The van der Waals surface area contributed by atoms with Crippen molar-refractivity contribution < 1.29 is 8.50 Å². The van der Waals surface area contributed by atoms with Gasteiger partial charge in [0.1, 0.15) is 0 Å². The molecule has 0 N–H and O–H groups in total. The Balaban J connectivity index is 3.56. The van der Waals surface area contributed by atoms with Crippen molar-refractivity contribution >= 4 is 0 Å². The maximum Gasteiger partial charge on any atom is 0.214 e. The number of hydrogen-bond acceptors (Lipinski definition) is 2. The monoisotopic (exact) mass is 125 g/mol. The van der Waals surface area contributed by atoms with E-state index in [0.29, 0.717) is 0 Å². The molecule has 1 aromatic heterocycles. The van der Waals surface area contributed by atoms with E-state index in [1.54, 1.807) is 0 Å². The molecule has 2 nitrogen and oxygen atoms in total. The van der Waals surface area contributed by atoms with E-state index in [9.17, 15) is 4.39 Å². The van der Waals surface area contributed by atoms with Crippen molar-refractivity contribution in [3.8, 4) is 6.07 Å². The SMILES string of the molecule is [2H]c1nc(F)c([2H])c(C#N)c1[2H]. The van der Waals surface area contributed by atoms with Gasteiger partial charge in [-0.3, -0.25) is 0 Å². The zero-order chi connectivity index (χ0) is 9.30. The summed E-state index contributed by atoms with van der Waals surface area (Å²) in [7, 11) is 0. The molecule has 1 rings (SSSR count). The van der Waals surface area contributed by atoms with Crippen LogP contribution in [0.15, 0.2) is 18.3 Å². The first kappa shape index (κ1) is 2.92. The van der Waals surface area contributed by atoms with Gasteiger partial charge in [0, 0.05) is 12.2 Å². The minimum atomic E-state index is -1.19. The topological polar surface area (TPSA) is 36.7 Å². The van der Waals surface area contributed by atoms with Crippen LogP contribution < -0.4 is 0 Å². The summed E-state index contributed by atoms with van der Waals surface area (Å²) in [5.74, 6) is -1.19. The highest BCUT2D eigenvalue weighted by Gasteiger charge is 1.90. The van der Waals surface area contributed by atoms with Crippen molar-refractivity contribution in [3.63, 3.8) is 0 Å². The number of hydrogen-bond donors (Lipinski definition) is 0. The number of halogens is 1. The molecule has 44 valence electrons. The summed E-state index contributed by atoms with van der Waals surface area (Å²) in [4.78, 5) is 2.96. The molecular weight excluding hydrogens is 119 g/mol. The Bertz CT molecular complexity index is 346. The molecule has 0 fully saturated rings. The summed E-state index contributed by atoms with van der Waals surface area (Å²) in [6.07, 6.45) is -0.625. The second-order valence-electron chi connectivity index (χ2n) is 1.25. The molecular formula is C6H3FN2. The minimum Gasteiger partial charge on any atom is -0.228 e. The van der Waals surface area contributed by atoms with Crippen molar-refractivity contribution in [1.82, 2.24) is 4.98 Å². The van der Waals surface area contributed by atoms with E-state index in [1.165, 1.54) is 6.07 Å². The van der Waals surface area contributed by atoms with E-state index in [2.05, 4.69) is 4.98 Å². The fourth-order valence-corrected chi connectivity index (χ4v) is 0.351. The lowest BCUT2D eigenvalue weighted by atomic mass is 10.3. The van der Waals surface area contributed by atoms with Gasteiger partial charge >= 0.3 is 0 Å². The van der Waals surface area contributed by atoms with Crippen molar-refractivity contribution in [2.24, 2.45) is 0 Å². The van der Waals surface area contributed by atoms with Crippen molar-refractivity contribution in [2.75, 3.05) is 0 Å². The van der Waals surface area contributed by atoms with E-state index in [-0.39, 0.29) is 0 Å². The van der Waals surface area contributed by atoms with E-state index < -0.39 is 29.8 Å². The van der Waals surface area contributed by atoms with Gasteiger partial charge in [0.05, 0.1) is 15.7 Å².